The molecule has 1 N–H and O–H groups in total. The summed E-state index contributed by atoms with van der Waals surface area (Å²) in [7, 11) is 1.72. The Hall–Kier alpha value is -2.60. The minimum atomic E-state index is -0.408. The smallest absolute Gasteiger partial charge is 0.209 e. The molecule has 0 unspecified atom stereocenters. The molecule has 1 saturated heterocycles. The Morgan fingerprint density at radius 3 is 2.72 bits per heavy atom. The van der Waals surface area contributed by atoms with Crippen LogP contribution in [0.4, 0.5) is 0 Å². The fraction of sp³-hybridized carbons (Fsp3) is 0.478. The lowest BCUT2D eigenvalue weighted by molar-refractivity contribution is -0.929. The number of nitrogens with one attached hydrogen (secondary N) is 1. The molecule has 3 aliphatic rings. The molecule has 152 valence electrons. The van der Waals surface area contributed by atoms with Gasteiger partial charge >= 0.3 is 0 Å². The zero-order valence-electron chi connectivity index (χ0n) is 17.4. The molecule has 0 aliphatic carbocycles. The van der Waals surface area contributed by atoms with Crippen LogP contribution in [-0.2, 0) is 0 Å². The van der Waals surface area contributed by atoms with E-state index in [-0.39, 0.29) is 6.04 Å². The van der Waals surface area contributed by atoms with E-state index >= 15 is 0 Å². The van der Waals surface area contributed by atoms with Crippen LogP contribution in [0.2, 0.25) is 0 Å². The molecule has 1 atom stereocenters. The molecule has 1 fully saturated rings. The lowest BCUT2D eigenvalue weighted by Gasteiger charge is -2.50. The fourth-order valence-corrected chi connectivity index (χ4v) is 5.01. The van der Waals surface area contributed by atoms with E-state index in [2.05, 4.69) is 36.0 Å². The molecule has 0 amide bonds. The Balaban J connectivity index is 1.57. The minimum absolute atomic E-state index is 0.171. The number of hydrazone groups is 1. The number of benzene rings is 1. The first-order valence-electron chi connectivity index (χ1n) is 10.6. The third-order valence-electron chi connectivity index (χ3n) is 6.69. The number of aromatic nitrogens is 1. The topological polar surface area (TPSA) is 51.4 Å². The number of hydrogen-bond acceptors (Lipinski definition) is 5. The van der Waals surface area contributed by atoms with Crippen LogP contribution >= 0.6 is 0 Å². The monoisotopic (exact) mass is 393 g/mol. The molecule has 1 aromatic carbocycles. The minimum Gasteiger partial charge on any atom is -0.493 e. The number of ether oxygens (including phenoxy) is 2. The van der Waals surface area contributed by atoms with Crippen molar-refractivity contribution in [3.8, 4) is 11.5 Å². The molecule has 1 aromatic heterocycles. The van der Waals surface area contributed by atoms with E-state index in [1.807, 2.05) is 30.6 Å². The van der Waals surface area contributed by atoms with Crippen molar-refractivity contribution in [1.82, 2.24) is 9.99 Å². The first kappa shape index (κ1) is 18.4. The number of para-hydroxylation sites is 1. The summed E-state index contributed by atoms with van der Waals surface area (Å²) in [6, 6.07) is 11.1. The second-order valence-electron chi connectivity index (χ2n) is 8.59. The van der Waals surface area contributed by atoms with Crippen molar-refractivity contribution in [3.05, 3.63) is 53.9 Å². The van der Waals surface area contributed by atoms with Crippen molar-refractivity contribution in [2.24, 2.45) is 5.10 Å². The van der Waals surface area contributed by atoms with Crippen LogP contribution in [0.25, 0.3) is 0 Å². The number of pyridine rings is 1. The summed E-state index contributed by atoms with van der Waals surface area (Å²) in [4.78, 5) is 5.93. The van der Waals surface area contributed by atoms with Gasteiger partial charge in [-0.1, -0.05) is 18.2 Å². The second-order valence-corrected chi connectivity index (χ2v) is 8.59. The van der Waals surface area contributed by atoms with Gasteiger partial charge in [-0.05, 0) is 26.0 Å². The standard InChI is InChI=1S/C23H28N4O2/c1-16(2)26-12-9-23(10-13-26)27-20(14-19(25-27)17-6-5-11-24-15-17)18-7-4-8-21(28-3)22(18)29-23/h4-8,11,15-16,20H,9-10,12-14H2,1-3H3/p+1/t20-/m1/s1. The third kappa shape index (κ3) is 2.97. The lowest BCUT2D eigenvalue weighted by Crippen LogP contribution is -3.16. The van der Waals surface area contributed by atoms with Crippen molar-refractivity contribution in [1.29, 1.82) is 0 Å². The van der Waals surface area contributed by atoms with Crippen LogP contribution in [0.3, 0.4) is 0 Å². The van der Waals surface area contributed by atoms with Crippen LogP contribution in [-0.4, -0.2) is 47.7 Å². The number of rotatable bonds is 3. The SMILES string of the molecule is COc1cccc2c1OC1(CC[NH+](C(C)C)CC1)N1N=C(c3cccnc3)C[C@H]21. The lowest BCUT2D eigenvalue weighted by atomic mass is 9.90. The van der Waals surface area contributed by atoms with Gasteiger partial charge in [0.2, 0.25) is 5.72 Å². The predicted molar refractivity (Wildman–Crippen MR) is 111 cm³/mol. The highest BCUT2D eigenvalue weighted by Crippen LogP contribution is 2.52. The summed E-state index contributed by atoms with van der Waals surface area (Å²) in [5, 5.41) is 7.37. The maximum absolute atomic E-state index is 6.77. The zero-order valence-corrected chi connectivity index (χ0v) is 17.4. The normalized spacial score (nSPS) is 28.0. The van der Waals surface area contributed by atoms with Crippen molar-refractivity contribution >= 4 is 5.71 Å². The van der Waals surface area contributed by atoms with Gasteiger partial charge in [-0.3, -0.25) is 4.98 Å². The number of piperidine rings is 1. The Morgan fingerprint density at radius 1 is 1.21 bits per heavy atom. The summed E-state index contributed by atoms with van der Waals surface area (Å²) in [6.07, 6.45) is 6.48. The molecular weight excluding hydrogens is 364 g/mol. The Morgan fingerprint density at radius 2 is 2.03 bits per heavy atom. The van der Waals surface area contributed by atoms with Gasteiger partial charge < -0.3 is 14.4 Å². The molecule has 0 radical (unpaired) electrons. The van der Waals surface area contributed by atoms with E-state index < -0.39 is 5.72 Å². The van der Waals surface area contributed by atoms with Crippen molar-refractivity contribution in [3.63, 3.8) is 0 Å². The Kier molecular flexibility index (Phi) is 4.46. The van der Waals surface area contributed by atoms with Gasteiger partial charge in [0.05, 0.1) is 50.8 Å². The van der Waals surface area contributed by atoms with Gasteiger partial charge in [-0.15, -0.1) is 0 Å². The van der Waals surface area contributed by atoms with Crippen LogP contribution in [0.1, 0.15) is 50.3 Å². The molecule has 0 bridgehead atoms. The maximum Gasteiger partial charge on any atom is 0.209 e. The summed E-state index contributed by atoms with van der Waals surface area (Å²) in [5.41, 5.74) is 2.93. The van der Waals surface area contributed by atoms with Gasteiger partial charge in [0, 0.05) is 29.9 Å². The highest BCUT2D eigenvalue weighted by molar-refractivity contribution is 6.01. The first-order valence-corrected chi connectivity index (χ1v) is 10.6. The van der Waals surface area contributed by atoms with Crippen LogP contribution < -0.4 is 14.4 Å². The van der Waals surface area contributed by atoms with Crippen molar-refractivity contribution in [2.75, 3.05) is 20.2 Å². The third-order valence-corrected chi connectivity index (χ3v) is 6.69. The number of nitrogens with zero attached hydrogens (tertiary/aromatic N) is 3. The summed E-state index contributed by atoms with van der Waals surface area (Å²) in [5.74, 6) is 1.71. The summed E-state index contributed by atoms with van der Waals surface area (Å²) < 4.78 is 12.4. The molecule has 5 rings (SSSR count). The molecule has 4 heterocycles. The Labute approximate surface area is 172 Å². The molecule has 6 nitrogen and oxygen atoms in total. The van der Waals surface area contributed by atoms with E-state index in [0.29, 0.717) is 6.04 Å². The number of fused-ring (bicyclic) bond motifs is 4. The molecule has 6 heteroatoms. The van der Waals surface area contributed by atoms with Crippen molar-refractivity contribution in [2.45, 2.75) is 50.9 Å². The van der Waals surface area contributed by atoms with Gasteiger partial charge in [-0.2, -0.15) is 5.10 Å². The summed E-state index contributed by atoms with van der Waals surface area (Å²) in [6.45, 7) is 6.77. The van der Waals surface area contributed by atoms with Crippen LogP contribution in [0.5, 0.6) is 11.5 Å². The number of quaternary nitrogens is 1. The molecular formula is C23H29N4O2+. The molecule has 3 aliphatic heterocycles. The quantitative estimate of drug-likeness (QED) is 0.870. The highest BCUT2D eigenvalue weighted by atomic mass is 16.5. The van der Waals surface area contributed by atoms with E-state index in [4.69, 9.17) is 14.6 Å². The molecule has 1 spiro atoms. The van der Waals surface area contributed by atoms with Crippen LogP contribution in [0.15, 0.2) is 47.8 Å². The molecule has 29 heavy (non-hydrogen) atoms. The van der Waals surface area contributed by atoms with Gasteiger partial charge in [0.25, 0.3) is 0 Å². The van der Waals surface area contributed by atoms with Gasteiger partial charge in [-0.25, -0.2) is 5.01 Å². The van der Waals surface area contributed by atoms with E-state index in [1.165, 1.54) is 0 Å². The van der Waals surface area contributed by atoms with Crippen molar-refractivity contribution < 1.29 is 14.4 Å². The zero-order chi connectivity index (χ0) is 20.0. The fourth-order valence-electron chi connectivity index (χ4n) is 5.01. The number of methoxy groups -OCH3 is 1. The summed E-state index contributed by atoms with van der Waals surface area (Å²) >= 11 is 0. The number of hydrogen-bond donors (Lipinski definition) is 1. The number of likely N-dealkylation sites (tertiary alicyclic amines) is 1. The van der Waals surface area contributed by atoms with E-state index in [9.17, 15) is 0 Å². The van der Waals surface area contributed by atoms with Gasteiger partial charge in [0.1, 0.15) is 0 Å². The Bertz CT molecular complexity index is 920. The molecule has 0 saturated carbocycles. The molecule has 2 aromatic rings. The predicted octanol–water partition coefficient (Wildman–Crippen LogP) is 2.42. The largest absolute Gasteiger partial charge is 0.493 e. The highest BCUT2D eigenvalue weighted by Gasteiger charge is 2.53. The van der Waals surface area contributed by atoms with Gasteiger partial charge in [0.15, 0.2) is 11.5 Å². The maximum atomic E-state index is 6.77. The van der Waals surface area contributed by atoms with E-state index in [1.54, 1.807) is 12.0 Å². The second kappa shape index (κ2) is 7.02. The average Bonchev–Trinajstić information content (AvgIpc) is 3.21. The van der Waals surface area contributed by atoms with Crippen LogP contribution in [0, 0.1) is 0 Å². The average molecular weight is 394 g/mol. The first-order chi connectivity index (χ1) is 14.1. The van der Waals surface area contributed by atoms with E-state index in [0.717, 1.165) is 60.7 Å².